The number of Topliss-reactive ketones (excluding diaryl/α,β-unsaturated/α-hetero) is 1. The topological polar surface area (TPSA) is 54.4 Å². The maximum absolute atomic E-state index is 13.0. The molecule has 3 atom stereocenters. The van der Waals surface area contributed by atoms with E-state index in [1.807, 2.05) is 39.0 Å². The van der Waals surface area contributed by atoms with Crippen LogP contribution in [0.4, 0.5) is 0 Å². The van der Waals surface area contributed by atoms with Crippen molar-refractivity contribution in [3.63, 3.8) is 0 Å². The molecule has 1 N–H and O–H groups in total. The zero-order chi connectivity index (χ0) is 18.5. The van der Waals surface area contributed by atoms with Gasteiger partial charge in [-0.25, -0.2) is 0 Å². The van der Waals surface area contributed by atoms with Gasteiger partial charge in [-0.3, -0.25) is 9.59 Å². The summed E-state index contributed by atoms with van der Waals surface area (Å²) in [7, 11) is 0. The van der Waals surface area contributed by atoms with Crippen molar-refractivity contribution in [3.05, 3.63) is 64.8 Å². The van der Waals surface area contributed by atoms with Gasteiger partial charge in [0.1, 0.15) is 5.75 Å². The molecular formula is C22H24O3. The highest BCUT2D eigenvalue weighted by Gasteiger charge is 2.54. The Balaban J connectivity index is 2.26. The van der Waals surface area contributed by atoms with Crippen molar-refractivity contribution in [2.24, 2.45) is 11.3 Å². The lowest BCUT2D eigenvalue weighted by atomic mass is 9.53. The zero-order valence-electron chi connectivity index (χ0n) is 15.2. The average Bonchev–Trinajstić information content (AvgIpc) is 2.56. The van der Waals surface area contributed by atoms with Gasteiger partial charge in [0.25, 0.3) is 0 Å². The highest BCUT2D eigenvalue weighted by Crippen LogP contribution is 2.55. The summed E-state index contributed by atoms with van der Waals surface area (Å²) in [5.41, 5.74) is 3.17. The molecule has 0 bridgehead atoms. The van der Waals surface area contributed by atoms with E-state index in [1.54, 1.807) is 13.0 Å². The Morgan fingerprint density at radius 1 is 1.20 bits per heavy atom. The molecular weight excluding hydrogens is 312 g/mol. The van der Waals surface area contributed by atoms with E-state index in [9.17, 15) is 14.7 Å². The SMILES string of the molecule is C=CC1=CCC2C(=O)C(C)=CC(=O)C2(C)C1c1cc(C)c(O)c(C)c1. The Morgan fingerprint density at radius 3 is 2.36 bits per heavy atom. The summed E-state index contributed by atoms with van der Waals surface area (Å²) in [6.45, 7) is 11.2. The van der Waals surface area contributed by atoms with Crippen molar-refractivity contribution in [1.82, 2.24) is 0 Å². The normalized spacial score (nSPS) is 29.0. The van der Waals surface area contributed by atoms with Gasteiger partial charge in [-0.15, -0.1) is 0 Å². The second kappa shape index (κ2) is 5.83. The van der Waals surface area contributed by atoms with Crippen LogP contribution in [0.2, 0.25) is 0 Å². The number of allylic oxidation sites excluding steroid dienone is 5. The number of hydrogen-bond donors (Lipinski definition) is 1. The Hall–Kier alpha value is -2.42. The van der Waals surface area contributed by atoms with Crippen molar-refractivity contribution in [2.45, 2.75) is 40.0 Å². The van der Waals surface area contributed by atoms with Crippen LogP contribution < -0.4 is 0 Å². The van der Waals surface area contributed by atoms with Gasteiger partial charge in [-0.05, 0) is 61.1 Å². The maximum Gasteiger partial charge on any atom is 0.163 e. The van der Waals surface area contributed by atoms with E-state index < -0.39 is 5.41 Å². The number of hydrogen-bond acceptors (Lipinski definition) is 3. The number of aryl methyl sites for hydroxylation is 2. The van der Waals surface area contributed by atoms with Gasteiger partial charge in [0.05, 0.1) is 5.41 Å². The second-order valence-corrected chi connectivity index (χ2v) is 7.47. The first kappa shape index (κ1) is 17.4. The molecule has 0 radical (unpaired) electrons. The molecule has 3 rings (SSSR count). The first-order valence-electron chi connectivity index (χ1n) is 8.61. The fourth-order valence-electron chi connectivity index (χ4n) is 4.45. The number of rotatable bonds is 2. The van der Waals surface area contributed by atoms with Crippen LogP contribution in [0.3, 0.4) is 0 Å². The molecule has 0 saturated carbocycles. The first-order chi connectivity index (χ1) is 11.7. The number of ketones is 2. The molecule has 25 heavy (non-hydrogen) atoms. The minimum Gasteiger partial charge on any atom is -0.507 e. The third-order valence-electron chi connectivity index (χ3n) is 5.91. The summed E-state index contributed by atoms with van der Waals surface area (Å²) in [5.74, 6) is -0.281. The molecule has 3 nitrogen and oxygen atoms in total. The predicted octanol–water partition coefficient (Wildman–Crippen LogP) is 4.33. The van der Waals surface area contributed by atoms with Crippen molar-refractivity contribution >= 4 is 11.6 Å². The number of phenols is 1. The Bertz CT molecular complexity index is 833. The van der Waals surface area contributed by atoms with E-state index in [-0.39, 0.29) is 29.2 Å². The van der Waals surface area contributed by atoms with Crippen molar-refractivity contribution < 1.29 is 14.7 Å². The third-order valence-corrected chi connectivity index (χ3v) is 5.91. The Morgan fingerprint density at radius 2 is 1.80 bits per heavy atom. The van der Waals surface area contributed by atoms with Gasteiger partial charge in [-0.2, -0.15) is 0 Å². The average molecular weight is 336 g/mol. The third kappa shape index (κ3) is 2.41. The van der Waals surface area contributed by atoms with Gasteiger partial charge in [0.15, 0.2) is 11.6 Å². The largest absolute Gasteiger partial charge is 0.507 e. The lowest BCUT2D eigenvalue weighted by Crippen LogP contribution is -2.49. The summed E-state index contributed by atoms with van der Waals surface area (Å²) in [6.07, 6.45) is 5.87. The molecule has 3 unspecified atom stereocenters. The molecule has 3 heteroatoms. The Labute approximate surface area is 148 Å². The standard InChI is InChI=1S/C22H24O3/c1-6-15-7-8-17-21(25)14(4)11-18(23)22(17,5)19(15)16-9-12(2)20(24)13(3)10-16/h6-7,9-11,17,19,24H,1,8H2,2-5H3. The Kier molecular flexibility index (Phi) is 4.06. The van der Waals surface area contributed by atoms with Crippen LogP contribution in [-0.2, 0) is 9.59 Å². The molecule has 130 valence electrons. The molecule has 2 aliphatic carbocycles. The van der Waals surface area contributed by atoms with E-state index in [0.29, 0.717) is 12.0 Å². The number of carbonyl (C=O) groups is 2. The summed E-state index contributed by atoms with van der Waals surface area (Å²) in [5, 5.41) is 10.1. The monoisotopic (exact) mass is 336 g/mol. The van der Waals surface area contributed by atoms with Crippen LogP contribution in [0.1, 0.15) is 42.9 Å². The van der Waals surface area contributed by atoms with Gasteiger partial charge >= 0.3 is 0 Å². The molecule has 2 aliphatic rings. The van der Waals surface area contributed by atoms with E-state index in [0.717, 1.165) is 22.3 Å². The lowest BCUT2D eigenvalue weighted by molar-refractivity contribution is -0.137. The minimum atomic E-state index is -0.829. The quantitative estimate of drug-likeness (QED) is 0.874. The molecule has 1 aromatic carbocycles. The van der Waals surface area contributed by atoms with Crippen LogP contribution in [0, 0.1) is 25.2 Å². The molecule has 0 heterocycles. The highest BCUT2D eigenvalue weighted by atomic mass is 16.3. The smallest absolute Gasteiger partial charge is 0.163 e. The van der Waals surface area contributed by atoms with E-state index in [4.69, 9.17) is 0 Å². The molecule has 0 aromatic heterocycles. The fraction of sp³-hybridized carbons (Fsp3) is 0.364. The number of carbonyl (C=O) groups excluding carboxylic acids is 2. The highest BCUT2D eigenvalue weighted by molar-refractivity contribution is 6.13. The molecule has 0 saturated heterocycles. The molecule has 0 aliphatic heterocycles. The number of phenolic OH excluding ortho intramolecular Hbond substituents is 1. The van der Waals surface area contributed by atoms with Crippen molar-refractivity contribution in [3.8, 4) is 5.75 Å². The molecule has 0 spiro atoms. The van der Waals surface area contributed by atoms with Crippen molar-refractivity contribution in [1.29, 1.82) is 0 Å². The first-order valence-corrected chi connectivity index (χ1v) is 8.61. The van der Waals surface area contributed by atoms with Crippen molar-refractivity contribution in [2.75, 3.05) is 0 Å². The summed E-state index contributed by atoms with van der Waals surface area (Å²) < 4.78 is 0. The predicted molar refractivity (Wildman–Crippen MR) is 98.6 cm³/mol. The maximum atomic E-state index is 13.0. The summed E-state index contributed by atoms with van der Waals surface area (Å²) in [4.78, 5) is 25.8. The second-order valence-electron chi connectivity index (χ2n) is 7.47. The van der Waals surface area contributed by atoms with Crippen LogP contribution in [-0.4, -0.2) is 16.7 Å². The van der Waals surface area contributed by atoms with Crippen LogP contribution in [0.25, 0.3) is 0 Å². The number of benzene rings is 1. The van der Waals surface area contributed by atoms with Gasteiger partial charge in [0, 0.05) is 11.8 Å². The number of aromatic hydroxyl groups is 1. The van der Waals surface area contributed by atoms with E-state index >= 15 is 0 Å². The summed E-state index contributed by atoms with van der Waals surface area (Å²) in [6, 6.07) is 3.84. The van der Waals surface area contributed by atoms with Gasteiger partial charge in [-0.1, -0.05) is 37.8 Å². The van der Waals surface area contributed by atoms with E-state index in [1.165, 1.54) is 6.08 Å². The molecule has 0 amide bonds. The number of fused-ring (bicyclic) bond motifs is 1. The minimum absolute atomic E-state index is 0.00423. The van der Waals surface area contributed by atoms with Crippen LogP contribution in [0.15, 0.2) is 48.1 Å². The van der Waals surface area contributed by atoms with Crippen LogP contribution in [0.5, 0.6) is 5.75 Å². The van der Waals surface area contributed by atoms with Crippen LogP contribution >= 0.6 is 0 Å². The van der Waals surface area contributed by atoms with Gasteiger partial charge in [0.2, 0.25) is 0 Å². The van der Waals surface area contributed by atoms with E-state index in [2.05, 4.69) is 6.58 Å². The molecule has 0 fully saturated rings. The fourth-order valence-corrected chi connectivity index (χ4v) is 4.45. The molecule has 1 aromatic rings. The lowest BCUT2D eigenvalue weighted by Gasteiger charge is -2.47. The summed E-state index contributed by atoms with van der Waals surface area (Å²) >= 11 is 0. The van der Waals surface area contributed by atoms with Gasteiger partial charge < -0.3 is 5.11 Å². The zero-order valence-corrected chi connectivity index (χ0v) is 15.2.